The summed E-state index contributed by atoms with van der Waals surface area (Å²) < 4.78 is 5.50. The number of nitrogens with one attached hydrogen (secondary N) is 1. The topological polar surface area (TPSA) is 62.1 Å². The molecule has 4 heteroatoms. The molecule has 1 aromatic rings. The van der Waals surface area contributed by atoms with Gasteiger partial charge in [0.25, 0.3) is 0 Å². The summed E-state index contributed by atoms with van der Waals surface area (Å²) in [5.74, 6) is 0.722. The maximum atomic E-state index is 11.6. The molecule has 0 aliphatic heterocycles. The molecule has 0 aliphatic carbocycles. The Hall–Kier alpha value is -2.02. The standard InChI is InChI=1S/C14H18N2O2/c1-4-18-13-8-10(2)12(7-11(13)3)9-14(17)16-6-5-15/h7-8H,4,6,9H2,1-3H3,(H,16,17). The van der Waals surface area contributed by atoms with E-state index in [-0.39, 0.29) is 12.5 Å². The van der Waals surface area contributed by atoms with E-state index in [0.29, 0.717) is 13.0 Å². The molecule has 0 saturated heterocycles. The van der Waals surface area contributed by atoms with Gasteiger partial charge in [0.05, 0.1) is 19.1 Å². The molecule has 18 heavy (non-hydrogen) atoms. The van der Waals surface area contributed by atoms with Crippen molar-refractivity contribution in [2.24, 2.45) is 0 Å². The molecule has 1 amide bonds. The number of amides is 1. The Morgan fingerprint density at radius 3 is 2.72 bits per heavy atom. The number of benzene rings is 1. The van der Waals surface area contributed by atoms with Crippen LogP contribution in [-0.2, 0) is 11.2 Å². The van der Waals surface area contributed by atoms with E-state index in [1.807, 2.05) is 39.0 Å². The van der Waals surface area contributed by atoms with Gasteiger partial charge in [0.15, 0.2) is 0 Å². The van der Waals surface area contributed by atoms with Gasteiger partial charge in [-0.2, -0.15) is 5.26 Å². The van der Waals surface area contributed by atoms with Crippen LogP contribution in [0.5, 0.6) is 5.75 Å². The molecule has 0 unspecified atom stereocenters. The molecule has 0 atom stereocenters. The largest absolute Gasteiger partial charge is 0.494 e. The lowest BCUT2D eigenvalue weighted by molar-refractivity contribution is -0.120. The summed E-state index contributed by atoms with van der Waals surface area (Å²) >= 11 is 0. The number of nitrogens with zero attached hydrogens (tertiary/aromatic N) is 1. The third kappa shape index (κ3) is 3.77. The molecule has 1 rings (SSSR count). The Balaban J connectivity index is 2.81. The summed E-state index contributed by atoms with van der Waals surface area (Å²) in [5.41, 5.74) is 3.01. The lowest BCUT2D eigenvalue weighted by Gasteiger charge is -2.12. The van der Waals surface area contributed by atoms with Gasteiger partial charge in [0, 0.05) is 0 Å². The van der Waals surface area contributed by atoms with Crippen molar-refractivity contribution < 1.29 is 9.53 Å². The van der Waals surface area contributed by atoms with Gasteiger partial charge < -0.3 is 10.1 Å². The van der Waals surface area contributed by atoms with E-state index in [1.54, 1.807) is 0 Å². The highest BCUT2D eigenvalue weighted by atomic mass is 16.5. The average Bonchev–Trinajstić information content (AvgIpc) is 2.33. The molecular weight excluding hydrogens is 228 g/mol. The molecule has 0 spiro atoms. The summed E-state index contributed by atoms with van der Waals surface area (Å²) in [5, 5.41) is 10.9. The number of carbonyl (C=O) groups is 1. The Morgan fingerprint density at radius 2 is 2.11 bits per heavy atom. The highest BCUT2D eigenvalue weighted by Crippen LogP contribution is 2.23. The number of aryl methyl sites for hydroxylation is 2. The van der Waals surface area contributed by atoms with Crippen LogP contribution < -0.4 is 10.1 Å². The molecule has 0 saturated carbocycles. The predicted molar refractivity (Wildman–Crippen MR) is 69.4 cm³/mol. The minimum atomic E-state index is -0.136. The molecule has 0 aromatic heterocycles. The molecule has 0 aliphatic rings. The molecule has 0 bridgehead atoms. The van der Waals surface area contributed by atoms with Crippen molar-refractivity contribution in [3.8, 4) is 11.8 Å². The van der Waals surface area contributed by atoms with Gasteiger partial charge in [-0.3, -0.25) is 4.79 Å². The monoisotopic (exact) mass is 246 g/mol. The van der Waals surface area contributed by atoms with Crippen LogP contribution in [0.1, 0.15) is 23.6 Å². The second kappa shape index (κ2) is 6.65. The number of hydrogen-bond acceptors (Lipinski definition) is 3. The van der Waals surface area contributed by atoms with Gasteiger partial charge in [0.2, 0.25) is 5.91 Å². The van der Waals surface area contributed by atoms with Crippen molar-refractivity contribution in [2.75, 3.05) is 13.2 Å². The maximum Gasteiger partial charge on any atom is 0.225 e. The van der Waals surface area contributed by atoms with E-state index in [9.17, 15) is 4.79 Å². The van der Waals surface area contributed by atoms with E-state index >= 15 is 0 Å². The molecule has 0 fully saturated rings. The van der Waals surface area contributed by atoms with E-state index in [1.165, 1.54) is 0 Å². The van der Waals surface area contributed by atoms with Crippen LogP contribution in [0.25, 0.3) is 0 Å². The van der Waals surface area contributed by atoms with Gasteiger partial charge in [-0.25, -0.2) is 0 Å². The first-order valence-corrected chi connectivity index (χ1v) is 5.95. The zero-order valence-corrected chi connectivity index (χ0v) is 11.0. The number of hydrogen-bond donors (Lipinski definition) is 1. The maximum absolute atomic E-state index is 11.6. The quantitative estimate of drug-likeness (QED) is 0.807. The zero-order valence-electron chi connectivity index (χ0n) is 11.0. The van der Waals surface area contributed by atoms with Crippen molar-refractivity contribution in [3.63, 3.8) is 0 Å². The van der Waals surface area contributed by atoms with Crippen molar-refractivity contribution in [1.29, 1.82) is 5.26 Å². The van der Waals surface area contributed by atoms with Crippen LogP contribution in [0.3, 0.4) is 0 Å². The summed E-state index contributed by atoms with van der Waals surface area (Å²) in [6.07, 6.45) is 0.292. The number of nitriles is 1. The summed E-state index contributed by atoms with van der Waals surface area (Å²) in [6, 6.07) is 5.80. The minimum Gasteiger partial charge on any atom is -0.494 e. The Bertz CT molecular complexity index is 475. The smallest absolute Gasteiger partial charge is 0.225 e. The molecule has 4 nitrogen and oxygen atoms in total. The second-order valence-corrected chi connectivity index (χ2v) is 4.09. The average molecular weight is 246 g/mol. The van der Waals surface area contributed by atoms with E-state index in [0.717, 1.165) is 22.4 Å². The summed E-state index contributed by atoms with van der Waals surface area (Å²) in [4.78, 5) is 11.6. The lowest BCUT2D eigenvalue weighted by atomic mass is 10.0. The third-order valence-corrected chi connectivity index (χ3v) is 2.65. The fraction of sp³-hybridized carbons (Fsp3) is 0.429. The first-order valence-electron chi connectivity index (χ1n) is 5.95. The zero-order chi connectivity index (χ0) is 13.5. The third-order valence-electron chi connectivity index (χ3n) is 2.65. The number of carbonyl (C=O) groups excluding carboxylic acids is 1. The highest BCUT2D eigenvalue weighted by Gasteiger charge is 2.09. The van der Waals surface area contributed by atoms with Gasteiger partial charge >= 0.3 is 0 Å². The summed E-state index contributed by atoms with van der Waals surface area (Å²) in [6.45, 7) is 6.53. The van der Waals surface area contributed by atoms with Gasteiger partial charge in [-0.15, -0.1) is 0 Å². The van der Waals surface area contributed by atoms with Crippen molar-refractivity contribution in [3.05, 3.63) is 28.8 Å². The van der Waals surface area contributed by atoms with E-state index in [2.05, 4.69) is 5.32 Å². The van der Waals surface area contributed by atoms with Crippen LogP contribution in [0.2, 0.25) is 0 Å². The van der Waals surface area contributed by atoms with Crippen LogP contribution in [0.15, 0.2) is 12.1 Å². The van der Waals surface area contributed by atoms with Crippen molar-refractivity contribution in [1.82, 2.24) is 5.32 Å². The predicted octanol–water partition coefficient (Wildman–Crippen LogP) is 1.88. The van der Waals surface area contributed by atoms with E-state index in [4.69, 9.17) is 10.00 Å². The minimum absolute atomic E-state index is 0.0495. The fourth-order valence-corrected chi connectivity index (χ4v) is 1.72. The van der Waals surface area contributed by atoms with Crippen molar-refractivity contribution in [2.45, 2.75) is 27.2 Å². The Morgan fingerprint density at radius 1 is 1.39 bits per heavy atom. The van der Waals surface area contributed by atoms with Crippen LogP contribution in [0.4, 0.5) is 0 Å². The Labute approximate surface area is 108 Å². The van der Waals surface area contributed by atoms with E-state index < -0.39 is 0 Å². The summed E-state index contributed by atoms with van der Waals surface area (Å²) in [7, 11) is 0. The van der Waals surface area contributed by atoms with Crippen LogP contribution in [-0.4, -0.2) is 19.1 Å². The molecule has 0 heterocycles. The molecule has 1 N–H and O–H groups in total. The number of rotatable bonds is 5. The first kappa shape index (κ1) is 14.0. The molecular formula is C14H18N2O2. The lowest BCUT2D eigenvalue weighted by Crippen LogP contribution is -2.25. The van der Waals surface area contributed by atoms with Crippen LogP contribution >= 0.6 is 0 Å². The molecule has 0 radical (unpaired) electrons. The number of ether oxygens (including phenoxy) is 1. The van der Waals surface area contributed by atoms with Gasteiger partial charge in [-0.05, 0) is 43.5 Å². The fourth-order valence-electron chi connectivity index (χ4n) is 1.72. The first-order chi connectivity index (χ1) is 8.58. The molecule has 1 aromatic carbocycles. The SMILES string of the molecule is CCOc1cc(C)c(CC(=O)NCC#N)cc1C. The second-order valence-electron chi connectivity index (χ2n) is 4.09. The van der Waals surface area contributed by atoms with Crippen molar-refractivity contribution >= 4 is 5.91 Å². The van der Waals surface area contributed by atoms with Crippen LogP contribution in [0, 0.1) is 25.2 Å². The normalized spacial score (nSPS) is 9.67. The van der Waals surface area contributed by atoms with Gasteiger partial charge in [-0.1, -0.05) is 6.07 Å². The highest BCUT2D eigenvalue weighted by molar-refractivity contribution is 5.79. The van der Waals surface area contributed by atoms with Gasteiger partial charge in [0.1, 0.15) is 12.3 Å². The Kier molecular flexibility index (Phi) is 5.19. The molecule has 96 valence electrons.